The topological polar surface area (TPSA) is 77.8 Å². The maximum absolute atomic E-state index is 10.6. The Balaban J connectivity index is 0.00000312. The lowest BCUT2D eigenvalue weighted by Gasteiger charge is -2.11. The molecule has 2 aromatic rings. The highest BCUT2D eigenvalue weighted by Crippen LogP contribution is 2.26. The van der Waals surface area contributed by atoms with Gasteiger partial charge in [0.25, 0.3) is 0 Å². The lowest BCUT2D eigenvalue weighted by atomic mass is 10.0. The number of amides is 1. The average Bonchev–Trinajstić information content (AvgIpc) is 2.95. The molecule has 6 nitrogen and oxygen atoms in total. The van der Waals surface area contributed by atoms with Crippen molar-refractivity contribution in [3.8, 4) is 0 Å². The van der Waals surface area contributed by atoms with Crippen molar-refractivity contribution >= 4 is 60.1 Å². The van der Waals surface area contributed by atoms with E-state index in [2.05, 4.69) is 41.3 Å². The van der Waals surface area contributed by atoms with Gasteiger partial charge < -0.3 is 10.0 Å². The van der Waals surface area contributed by atoms with Gasteiger partial charge in [-0.05, 0) is 43.5 Å². The van der Waals surface area contributed by atoms with Gasteiger partial charge in [0.15, 0.2) is 0 Å². The summed E-state index contributed by atoms with van der Waals surface area (Å²) in [6.07, 6.45) is 1.42. The van der Waals surface area contributed by atoms with E-state index < -0.39 is 6.09 Å². The predicted molar refractivity (Wildman–Crippen MR) is 113 cm³/mol. The van der Waals surface area contributed by atoms with Gasteiger partial charge in [-0.15, -0.1) is 36.2 Å². The Kier molecular flexibility index (Phi) is 10.2. The molecule has 0 aliphatic heterocycles. The van der Waals surface area contributed by atoms with E-state index in [1.165, 1.54) is 16.9 Å². The highest BCUT2D eigenvalue weighted by Gasteiger charge is 2.09. The number of anilines is 1. The van der Waals surface area contributed by atoms with Crippen molar-refractivity contribution < 1.29 is 9.90 Å². The molecule has 0 saturated carbocycles. The smallest absolute Gasteiger partial charge is 0.410 e. The number of nitrogens with zero attached hydrogens (tertiary/aromatic N) is 3. The third-order valence-corrected chi connectivity index (χ3v) is 4.52. The fourth-order valence-electron chi connectivity index (χ4n) is 2.15. The third kappa shape index (κ3) is 6.82. The number of halogens is 2. The molecule has 2 N–H and O–H groups in total. The van der Waals surface area contributed by atoms with Crippen molar-refractivity contribution in [1.82, 2.24) is 9.88 Å². The molecule has 0 bridgehead atoms. The van der Waals surface area contributed by atoms with Crippen molar-refractivity contribution in [2.24, 2.45) is 4.99 Å². The summed E-state index contributed by atoms with van der Waals surface area (Å²) in [6.45, 7) is 7.09. The van der Waals surface area contributed by atoms with E-state index in [1.807, 2.05) is 25.2 Å². The summed E-state index contributed by atoms with van der Waals surface area (Å²) in [5.74, 6) is 0.376. The van der Waals surface area contributed by atoms with Crippen molar-refractivity contribution in [3.63, 3.8) is 0 Å². The summed E-state index contributed by atoms with van der Waals surface area (Å²) in [7, 11) is 1.99. The second kappa shape index (κ2) is 11.0. The van der Waals surface area contributed by atoms with Gasteiger partial charge in [0.05, 0.1) is 17.0 Å². The Labute approximate surface area is 170 Å². The fraction of sp³-hybridized carbons (Fsp3) is 0.353. The normalized spacial score (nSPS) is 10.2. The molecular formula is C17H24Cl2N4O2S. The number of aliphatic imine (C=N–C) groups is 1. The summed E-state index contributed by atoms with van der Waals surface area (Å²) in [5.41, 5.74) is 4.39. The van der Waals surface area contributed by atoms with Crippen LogP contribution in [0.5, 0.6) is 0 Å². The van der Waals surface area contributed by atoms with Gasteiger partial charge in [0.2, 0.25) is 0 Å². The van der Waals surface area contributed by atoms with Crippen LogP contribution < -0.4 is 5.32 Å². The summed E-state index contributed by atoms with van der Waals surface area (Å²) >= 11 is 1.45. The first-order valence-corrected chi connectivity index (χ1v) is 8.56. The molecule has 0 fully saturated rings. The number of aryl methyl sites for hydroxylation is 2. The molecule has 9 heteroatoms. The Morgan fingerprint density at radius 2 is 2.04 bits per heavy atom. The second-order valence-electron chi connectivity index (χ2n) is 5.62. The van der Waals surface area contributed by atoms with E-state index >= 15 is 0 Å². The Bertz CT molecular complexity index is 765. The van der Waals surface area contributed by atoms with E-state index in [0.29, 0.717) is 12.2 Å². The van der Waals surface area contributed by atoms with Crippen LogP contribution in [-0.4, -0.2) is 41.0 Å². The first-order chi connectivity index (χ1) is 11.4. The van der Waals surface area contributed by atoms with Gasteiger partial charge in [0, 0.05) is 25.4 Å². The van der Waals surface area contributed by atoms with Crippen molar-refractivity contribution in [3.05, 3.63) is 39.2 Å². The number of rotatable bonds is 6. The minimum absolute atomic E-state index is 0. The molecule has 1 amide bonds. The van der Waals surface area contributed by atoms with Gasteiger partial charge in [0.1, 0.15) is 5.82 Å². The molecule has 144 valence electrons. The number of aromatic nitrogens is 1. The van der Waals surface area contributed by atoms with Crippen LogP contribution in [-0.2, 0) is 6.42 Å². The SMILES string of the molecule is CCN(C)C=Nc1cc(C)c(Cc2nc(NC(=O)O)cs2)cc1C.Cl.Cl. The third-order valence-electron chi connectivity index (χ3n) is 3.68. The van der Waals surface area contributed by atoms with Crippen LogP contribution in [0, 0.1) is 13.8 Å². The summed E-state index contributed by atoms with van der Waals surface area (Å²) in [5, 5.41) is 13.6. The van der Waals surface area contributed by atoms with E-state index in [4.69, 9.17) is 5.11 Å². The quantitative estimate of drug-likeness (QED) is 0.516. The highest BCUT2D eigenvalue weighted by atomic mass is 35.5. The molecule has 1 aromatic heterocycles. The lowest BCUT2D eigenvalue weighted by Crippen LogP contribution is -2.14. The number of hydrogen-bond donors (Lipinski definition) is 2. The average molecular weight is 419 g/mol. The first kappa shape index (κ1) is 24.2. The Morgan fingerprint density at radius 3 is 2.65 bits per heavy atom. The number of hydrogen-bond acceptors (Lipinski definition) is 4. The molecule has 0 aliphatic carbocycles. The number of benzene rings is 1. The molecule has 0 atom stereocenters. The summed E-state index contributed by atoms with van der Waals surface area (Å²) in [4.78, 5) is 21.5. The molecule has 1 aromatic carbocycles. The van der Waals surface area contributed by atoms with Crippen LogP contribution in [0.15, 0.2) is 22.5 Å². The zero-order valence-corrected chi connectivity index (χ0v) is 17.6. The van der Waals surface area contributed by atoms with Crippen molar-refractivity contribution in [1.29, 1.82) is 0 Å². The molecule has 0 aliphatic rings. The molecular weight excluding hydrogens is 395 g/mol. The Morgan fingerprint density at radius 1 is 1.35 bits per heavy atom. The lowest BCUT2D eigenvalue weighted by molar-refractivity contribution is 0.209. The van der Waals surface area contributed by atoms with Crippen LogP contribution in [0.3, 0.4) is 0 Å². The molecule has 0 unspecified atom stereocenters. The maximum atomic E-state index is 10.6. The second-order valence-corrected chi connectivity index (χ2v) is 6.56. The van der Waals surface area contributed by atoms with Crippen LogP contribution in [0.1, 0.15) is 28.6 Å². The van der Waals surface area contributed by atoms with Gasteiger partial charge in [-0.2, -0.15) is 0 Å². The number of carbonyl (C=O) groups is 1. The van der Waals surface area contributed by atoms with E-state index in [1.54, 1.807) is 5.38 Å². The summed E-state index contributed by atoms with van der Waals surface area (Å²) in [6, 6.07) is 4.20. The largest absolute Gasteiger partial charge is 0.465 e. The Hall–Kier alpha value is -1.83. The molecule has 26 heavy (non-hydrogen) atoms. The molecule has 0 saturated heterocycles. The van der Waals surface area contributed by atoms with Gasteiger partial charge in [-0.25, -0.2) is 14.8 Å². The molecule has 0 spiro atoms. The van der Waals surface area contributed by atoms with Crippen LogP contribution in [0.2, 0.25) is 0 Å². The van der Waals surface area contributed by atoms with Crippen molar-refractivity contribution in [2.75, 3.05) is 18.9 Å². The zero-order chi connectivity index (χ0) is 17.7. The summed E-state index contributed by atoms with van der Waals surface area (Å²) < 4.78 is 0. The molecule has 0 radical (unpaired) electrons. The van der Waals surface area contributed by atoms with Gasteiger partial charge in [-0.3, -0.25) is 5.32 Å². The number of carboxylic acid groups (broad SMARTS) is 1. The number of thiazole rings is 1. The molecule has 1 heterocycles. The zero-order valence-electron chi connectivity index (χ0n) is 15.1. The van der Waals surface area contributed by atoms with Crippen LogP contribution in [0.4, 0.5) is 16.3 Å². The molecule has 2 rings (SSSR count). The minimum Gasteiger partial charge on any atom is -0.465 e. The maximum Gasteiger partial charge on any atom is 0.410 e. The van der Waals surface area contributed by atoms with E-state index in [-0.39, 0.29) is 24.8 Å². The number of nitrogens with one attached hydrogen (secondary N) is 1. The van der Waals surface area contributed by atoms with Crippen LogP contribution >= 0.6 is 36.2 Å². The van der Waals surface area contributed by atoms with Crippen molar-refractivity contribution in [2.45, 2.75) is 27.2 Å². The predicted octanol–water partition coefficient (Wildman–Crippen LogP) is 4.90. The fourth-order valence-corrected chi connectivity index (χ4v) is 2.90. The standard InChI is InChI=1S/C17H22N4O2S.2ClH/c1-5-21(4)10-18-14-7-11(2)13(6-12(14)3)8-16-19-15(9-24-16)20-17(22)23;;/h6-7,9-10,20H,5,8H2,1-4H3,(H,22,23);2*1H. The van der Waals surface area contributed by atoms with E-state index in [9.17, 15) is 4.79 Å². The first-order valence-electron chi connectivity index (χ1n) is 7.68. The van der Waals surface area contributed by atoms with Gasteiger partial charge >= 0.3 is 6.09 Å². The van der Waals surface area contributed by atoms with E-state index in [0.717, 1.165) is 28.4 Å². The monoisotopic (exact) mass is 418 g/mol. The highest BCUT2D eigenvalue weighted by molar-refractivity contribution is 7.10. The van der Waals surface area contributed by atoms with Crippen LogP contribution in [0.25, 0.3) is 0 Å². The van der Waals surface area contributed by atoms with Gasteiger partial charge in [-0.1, -0.05) is 6.07 Å². The minimum atomic E-state index is -1.10.